The Balaban J connectivity index is 2.22. The smallest absolute Gasteiger partial charge is 0.130 e. The van der Waals surface area contributed by atoms with Gasteiger partial charge in [-0.05, 0) is 44.7 Å². The average molecular weight is 306 g/mol. The maximum absolute atomic E-state index is 6.80. The summed E-state index contributed by atoms with van der Waals surface area (Å²) < 4.78 is 2.25. The molecule has 0 bridgehead atoms. The molecule has 3 nitrogen and oxygen atoms in total. The maximum atomic E-state index is 6.80. The summed E-state index contributed by atoms with van der Waals surface area (Å²) in [5.41, 5.74) is 8.44. The van der Waals surface area contributed by atoms with E-state index in [1.807, 2.05) is 18.2 Å². The minimum Gasteiger partial charge on any atom is -0.323 e. The Morgan fingerprint density at radius 1 is 1.43 bits per heavy atom. The zero-order valence-electron chi connectivity index (χ0n) is 13.1. The van der Waals surface area contributed by atoms with E-state index in [-0.39, 0.29) is 5.54 Å². The minimum atomic E-state index is -0.329. The van der Waals surface area contributed by atoms with Gasteiger partial charge in [-0.15, -0.1) is 0 Å². The fraction of sp³-hybridized carbons (Fsp3) is 0.588. The third-order valence-corrected chi connectivity index (χ3v) is 4.96. The van der Waals surface area contributed by atoms with Crippen LogP contribution in [0.25, 0.3) is 11.0 Å². The second-order valence-electron chi connectivity index (χ2n) is 6.86. The van der Waals surface area contributed by atoms with Crippen LogP contribution in [0.5, 0.6) is 0 Å². The SMILES string of the molecule is CC1CCCC(N)(c2nc3cccc(Cl)c3n2C(C)C)C1. The van der Waals surface area contributed by atoms with Crippen molar-refractivity contribution in [2.45, 2.75) is 58.0 Å². The van der Waals surface area contributed by atoms with Crippen molar-refractivity contribution in [3.63, 3.8) is 0 Å². The Morgan fingerprint density at radius 3 is 2.86 bits per heavy atom. The number of hydrogen-bond donors (Lipinski definition) is 1. The highest BCUT2D eigenvalue weighted by Crippen LogP contribution is 2.40. The first-order chi connectivity index (χ1) is 9.92. The van der Waals surface area contributed by atoms with Crippen LogP contribution < -0.4 is 5.73 Å². The average Bonchev–Trinajstić information content (AvgIpc) is 2.80. The van der Waals surface area contributed by atoms with Crippen molar-refractivity contribution >= 4 is 22.6 Å². The van der Waals surface area contributed by atoms with Gasteiger partial charge in [-0.1, -0.05) is 37.4 Å². The van der Waals surface area contributed by atoms with Gasteiger partial charge in [-0.3, -0.25) is 0 Å². The number of rotatable bonds is 2. The van der Waals surface area contributed by atoms with Gasteiger partial charge in [0.05, 0.1) is 21.6 Å². The van der Waals surface area contributed by atoms with Crippen LogP contribution >= 0.6 is 11.6 Å². The van der Waals surface area contributed by atoms with Crippen LogP contribution in [0.4, 0.5) is 0 Å². The topological polar surface area (TPSA) is 43.8 Å². The lowest BCUT2D eigenvalue weighted by Gasteiger charge is -2.37. The predicted octanol–water partition coefficient (Wildman–Crippen LogP) is 4.63. The molecule has 1 heterocycles. The number of fused-ring (bicyclic) bond motifs is 1. The van der Waals surface area contributed by atoms with Gasteiger partial charge in [0.25, 0.3) is 0 Å². The molecule has 2 aromatic rings. The van der Waals surface area contributed by atoms with Crippen molar-refractivity contribution in [2.24, 2.45) is 11.7 Å². The number of nitrogens with two attached hydrogens (primary N) is 1. The van der Waals surface area contributed by atoms with Crippen molar-refractivity contribution in [2.75, 3.05) is 0 Å². The van der Waals surface area contributed by atoms with Crippen molar-refractivity contribution in [1.29, 1.82) is 0 Å². The van der Waals surface area contributed by atoms with Gasteiger partial charge in [0.1, 0.15) is 5.82 Å². The molecule has 1 saturated carbocycles. The Bertz CT molecular complexity index is 661. The lowest BCUT2D eigenvalue weighted by Crippen LogP contribution is -2.43. The van der Waals surface area contributed by atoms with Crippen LogP contribution in [0, 0.1) is 5.92 Å². The van der Waals surface area contributed by atoms with E-state index in [4.69, 9.17) is 22.3 Å². The van der Waals surface area contributed by atoms with Crippen molar-refractivity contribution in [3.8, 4) is 0 Å². The predicted molar refractivity (Wildman–Crippen MR) is 88.6 cm³/mol. The van der Waals surface area contributed by atoms with Crippen molar-refractivity contribution in [1.82, 2.24) is 9.55 Å². The molecule has 1 aromatic carbocycles. The Kier molecular flexibility index (Phi) is 3.74. The fourth-order valence-electron chi connectivity index (χ4n) is 3.76. The lowest BCUT2D eigenvalue weighted by atomic mass is 9.76. The first-order valence-electron chi connectivity index (χ1n) is 7.88. The highest BCUT2D eigenvalue weighted by molar-refractivity contribution is 6.35. The summed E-state index contributed by atoms with van der Waals surface area (Å²) in [4.78, 5) is 4.88. The molecule has 2 N–H and O–H groups in total. The van der Waals surface area contributed by atoms with Crippen LogP contribution in [0.3, 0.4) is 0 Å². The normalized spacial score (nSPS) is 26.7. The second-order valence-corrected chi connectivity index (χ2v) is 7.27. The van der Waals surface area contributed by atoms with E-state index in [2.05, 4.69) is 25.3 Å². The quantitative estimate of drug-likeness (QED) is 0.878. The van der Waals surface area contributed by atoms with Crippen LogP contribution in [-0.4, -0.2) is 9.55 Å². The third-order valence-electron chi connectivity index (χ3n) is 4.66. The largest absolute Gasteiger partial charge is 0.323 e. The molecule has 2 atom stereocenters. The molecule has 0 radical (unpaired) electrons. The van der Waals surface area contributed by atoms with Gasteiger partial charge >= 0.3 is 0 Å². The number of para-hydroxylation sites is 1. The number of imidazole rings is 1. The molecule has 0 amide bonds. The van der Waals surface area contributed by atoms with Crippen LogP contribution in [0.1, 0.15) is 58.3 Å². The molecule has 1 aliphatic rings. The fourth-order valence-corrected chi connectivity index (χ4v) is 4.02. The summed E-state index contributed by atoms with van der Waals surface area (Å²) in [7, 11) is 0. The number of aromatic nitrogens is 2. The van der Waals surface area contributed by atoms with Gasteiger partial charge in [0, 0.05) is 6.04 Å². The Labute approximate surface area is 131 Å². The van der Waals surface area contributed by atoms with E-state index in [1.54, 1.807) is 0 Å². The van der Waals surface area contributed by atoms with E-state index in [9.17, 15) is 0 Å². The summed E-state index contributed by atoms with van der Waals surface area (Å²) in [6.07, 6.45) is 4.44. The van der Waals surface area contributed by atoms with Crippen molar-refractivity contribution < 1.29 is 0 Å². The first-order valence-corrected chi connectivity index (χ1v) is 8.26. The first kappa shape index (κ1) is 14.9. The second kappa shape index (κ2) is 5.29. The molecule has 1 fully saturated rings. The molecule has 1 aliphatic carbocycles. The molecule has 3 rings (SSSR count). The lowest BCUT2D eigenvalue weighted by molar-refractivity contribution is 0.220. The van der Waals surface area contributed by atoms with Gasteiger partial charge in [-0.25, -0.2) is 4.98 Å². The Hall–Kier alpha value is -1.06. The van der Waals surface area contributed by atoms with Gasteiger partial charge in [-0.2, -0.15) is 0 Å². The summed E-state index contributed by atoms with van der Waals surface area (Å²) in [6, 6.07) is 6.21. The third kappa shape index (κ3) is 2.47. The highest BCUT2D eigenvalue weighted by Gasteiger charge is 2.37. The number of nitrogens with zero attached hydrogens (tertiary/aromatic N) is 2. The van der Waals surface area contributed by atoms with Gasteiger partial charge < -0.3 is 10.3 Å². The number of hydrogen-bond acceptors (Lipinski definition) is 2. The molecule has 21 heavy (non-hydrogen) atoms. The summed E-state index contributed by atoms with van der Waals surface area (Å²) in [5, 5.41) is 0.757. The Morgan fingerprint density at radius 2 is 2.19 bits per heavy atom. The van der Waals surface area contributed by atoms with Crippen LogP contribution in [0.2, 0.25) is 5.02 Å². The molecule has 0 aliphatic heterocycles. The van der Waals surface area contributed by atoms with E-state index in [1.165, 1.54) is 12.8 Å². The molecule has 4 heteroatoms. The minimum absolute atomic E-state index is 0.294. The van der Waals surface area contributed by atoms with Crippen LogP contribution in [-0.2, 0) is 5.54 Å². The zero-order chi connectivity index (χ0) is 15.2. The monoisotopic (exact) mass is 305 g/mol. The zero-order valence-corrected chi connectivity index (χ0v) is 13.8. The van der Waals surface area contributed by atoms with Crippen molar-refractivity contribution in [3.05, 3.63) is 29.0 Å². The molecular weight excluding hydrogens is 282 g/mol. The summed E-state index contributed by atoms with van der Waals surface area (Å²) in [6.45, 7) is 6.63. The van der Waals surface area contributed by atoms with Crippen LogP contribution in [0.15, 0.2) is 18.2 Å². The van der Waals surface area contributed by atoms with E-state index in [0.717, 1.165) is 34.7 Å². The number of benzene rings is 1. The van der Waals surface area contributed by atoms with E-state index >= 15 is 0 Å². The molecule has 0 saturated heterocycles. The maximum Gasteiger partial charge on any atom is 0.130 e. The van der Waals surface area contributed by atoms with Gasteiger partial charge in [0.2, 0.25) is 0 Å². The van der Waals surface area contributed by atoms with E-state index in [0.29, 0.717) is 12.0 Å². The molecule has 2 unspecified atom stereocenters. The molecule has 1 aromatic heterocycles. The molecule has 0 spiro atoms. The number of halogens is 1. The molecule has 114 valence electrons. The van der Waals surface area contributed by atoms with E-state index < -0.39 is 0 Å². The standard InChI is InChI=1S/C17H24ClN3/c1-11(2)21-15-13(18)7-4-8-14(15)20-16(21)17(19)9-5-6-12(3)10-17/h4,7-8,11-12H,5-6,9-10,19H2,1-3H3. The summed E-state index contributed by atoms with van der Waals surface area (Å²) in [5.74, 6) is 1.66. The summed E-state index contributed by atoms with van der Waals surface area (Å²) >= 11 is 6.43. The van der Waals surface area contributed by atoms with Gasteiger partial charge in [0.15, 0.2) is 0 Å². The molecular formula is C17H24ClN3. The highest BCUT2D eigenvalue weighted by atomic mass is 35.5.